The first-order chi connectivity index (χ1) is 6.36. The van der Waals surface area contributed by atoms with E-state index in [1.54, 1.807) is 11.3 Å². The SMILES string of the molecule is O=C(Cc1ccsc1)C1CCCC1. The van der Waals surface area contributed by atoms with Crippen molar-refractivity contribution in [2.45, 2.75) is 32.1 Å². The van der Waals surface area contributed by atoms with Crippen molar-refractivity contribution in [2.24, 2.45) is 5.92 Å². The summed E-state index contributed by atoms with van der Waals surface area (Å²) in [5, 5.41) is 4.12. The first-order valence-electron chi connectivity index (χ1n) is 4.90. The Labute approximate surface area is 82.8 Å². The number of carbonyl (C=O) groups is 1. The van der Waals surface area contributed by atoms with Crippen LogP contribution in [0.15, 0.2) is 16.8 Å². The second-order valence-electron chi connectivity index (χ2n) is 3.76. The molecule has 1 aliphatic carbocycles. The van der Waals surface area contributed by atoms with E-state index in [9.17, 15) is 4.79 Å². The predicted molar refractivity (Wildman–Crippen MR) is 55.0 cm³/mol. The van der Waals surface area contributed by atoms with Crippen molar-refractivity contribution in [3.05, 3.63) is 22.4 Å². The topological polar surface area (TPSA) is 17.1 Å². The Bertz CT molecular complexity index is 270. The lowest BCUT2D eigenvalue weighted by Crippen LogP contribution is -2.12. The third-order valence-corrected chi connectivity index (χ3v) is 3.50. The van der Waals surface area contributed by atoms with Crippen molar-refractivity contribution in [1.29, 1.82) is 0 Å². The average molecular weight is 194 g/mol. The zero-order valence-electron chi connectivity index (χ0n) is 7.66. The lowest BCUT2D eigenvalue weighted by molar-refractivity contribution is -0.122. The monoisotopic (exact) mass is 194 g/mol. The van der Waals surface area contributed by atoms with Crippen LogP contribution in [-0.2, 0) is 11.2 Å². The molecule has 0 aromatic carbocycles. The van der Waals surface area contributed by atoms with Crippen LogP contribution >= 0.6 is 11.3 Å². The molecule has 1 aromatic rings. The van der Waals surface area contributed by atoms with E-state index in [1.165, 1.54) is 18.4 Å². The van der Waals surface area contributed by atoms with Gasteiger partial charge in [0.2, 0.25) is 0 Å². The Hall–Kier alpha value is -0.630. The number of thiophene rings is 1. The van der Waals surface area contributed by atoms with Gasteiger partial charge in [0.05, 0.1) is 0 Å². The minimum Gasteiger partial charge on any atom is -0.299 e. The Kier molecular flexibility index (Phi) is 2.79. The number of hydrogen-bond donors (Lipinski definition) is 0. The number of Topliss-reactive ketones (excluding diaryl/α,β-unsaturated/α-hetero) is 1. The number of ketones is 1. The van der Waals surface area contributed by atoms with E-state index in [2.05, 4.69) is 11.4 Å². The lowest BCUT2D eigenvalue weighted by atomic mass is 9.98. The summed E-state index contributed by atoms with van der Waals surface area (Å²) in [6, 6.07) is 2.05. The third-order valence-electron chi connectivity index (χ3n) is 2.77. The Morgan fingerprint density at radius 2 is 2.23 bits per heavy atom. The van der Waals surface area contributed by atoms with Crippen molar-refractivity contribution in [2.75, 3.05) is 0 Å². The largest absolute Gasteiger partial charge is 0.299 e. The summed E-state index contributed by atoms with van der Waals surface area (Å²) in [4.78, 5) is 11.7. The van der Waals surface area contributed by atoms with Gasteiger partial charge in [-0.25, -0.2) is 0 Å². The van der Waals surface area contributed by atoms with Gasteiger partial charge in [-0.05, 0) is 35.2 Å². The molecule has 0 unspecified atom stereocenters. The van der Waals surface area contributed by atoms with Gasteiger partial charge in [0.15, 0.2) is 0 Å². The molecule has 70 valence electrons. The van der Waals surface area contributed by atoms with Crippen LogP contribution in [0.1, 0.15) is 31.2 Å². The van der Waals surface area contributed by atoms with Gasteiger partial charge in [-0.2, -0.15) is 11.3 Å². The number of carbonyl (C=O) groups excluding carboxylic acids is 1. The second-order valence-corrected chi connectivity index (χ2v) is 4.54. The van der Waals surface area contributed by atoms with E-state index >= 15 is 0 Å². The highest BCUT2D eigenvalue weighted by Gasteiger charge is 2.22. The molecule has 1 nitrogen and oxygen atoms in total. The summed E-state index contributed by atoms with van der Waals surface area (Å²) in [5.74, 6) is 0.829. The van der Waals surface area contributed by atoms with Crippen molar-refractivity contribution in [3.63, 3.8) is 0 Å². The molecule has 0 bridgehead atoms. The fourth-order valence-corrected chi connectivity index (χ4v) is 2.66. The summed E-state index contributed by atoms with van der Waals surface area (Å²) >= 11 is 1.67. The highest BCUT2D eigenvalue weighted by Crippen LogP contribution is 2.26. The molecule has 1 aromatic heterocycles. The van der Waals surface area contributed by atoms with Gasteiger partial charge in [0.1, 0.15) is 5.78 Å². The third kappa shape index (κ3) is 2.19. The standard InChI is InChI=1S/C11H14OS/c12-11(10-3-1-2-4-10)7-9-5-6-13-8-9/h5-6,8,10H,1-4,7H2. The normalized spacial score (nSPS) is 17.8. The van der Waals surface area contributed by atoms with E-state index in [-0.39, 0.29) is 0 Å². The van der Waals surface area contributed by atoms with Crippen molar-refractivity contribution >= 4 is 17.1 Å². The van der Waals surface area contributed by atoms with Crippen LogP contribution in [0, 0.1) is 5.92 Å². The van der Waals surface area contributed by atoms with Gasteiger partial charge in [-0.15, -0.1) is 0 Å². The molecule has 1 fully saturated rings. The Balaban J connectivity index is 1.91. The maximum atomic E-state index is 11.7. The molecular formula is C11H14OS. The molecule has 0 saturated heterocycles. The molecule has 1 aliphatic rings. The molecule has 0 spiro atoms. The van der Waals surface area contributed by atoms with E-state index < -0.39 is 0 Å². The summed E-state index contributed by atoms with van der Waals surface area (Å²) in [7, 11) is 0. The van der Waals surface area contributed by atoms with Gasteiger partial charge in [0, 0.05) is 12.3 Å². The summed E-state index contributed by atoms with van der Waals surface area (Å²) in [6.45, 7) is 0. The van der Waals surface area contributed by atoms with Crippen LogP contribution < -0.4 is 0 Å². The molecule has 1 saturated carbocycles. The quantitative estimate of drug-likeness (QED) is 0.722. The lowest BCUT2D eigenvalue weighted by Gasteiger charge is -2.05. The summed E-state index contributed by atoms with van der Waals surface area (Å²) < 4.78 is 0. The van der Waals surface area contributed by atoms with E-state index in [0.717, 1.165) is 12.8 Å². The fourth-order valence-electron chi connectivity index (χ4n) is 1.99. The maximum Gasteiger partial charge on any atom is 0.140 e. The zero-order chi connectivity index (χ0) is 9.10. The van der Waals surface area contributed by atoms with Crippen LogP contribution in [0.4, 0.5) is 0 Å². The van der Waals surface area contributed by atoms with Gasteiger partial charge in [0.25, 0.3) is 0 Å². The highest BCUT2D eigenvalue weighted by molar-refractivity contribution is 7.07. The molecule has 2 heteroatoms. The first-order valence-corrected chi connectivity index (χ1v) is 5.84. The molecule has 0 radical (unpaired) electrons. The summed E-state index contributed by atoms with van der Waals surface area (Å²) in [6.07, 6.45) is 5.42. The smallest absolute Gasteiger partial charge is 0.140 e. The van der Waals surface area contributed by atoms with Gasteiger partial charge >= 0.3 is 0 Å². The summed E-state index contributed by atoms with van der Waals surface area (Å²) in [5.41, 5.74) is 1.20. The van der Waals surface area contributed by atoms with Crippen LogP contribution in [0.5, 0.6) is 0 Å². The minimum absolute atomic E-state index is 0.375. The molecular weight excluding hydrogens is 180 g/mol. The Morgan fingerprint density at radius 1 is 1.46 bits per heavy atom. The molecule has 0 N–H and O–H groups in total. The first kappa shape index (κ1) is 8.95. The number of hydrogen-bond acceptors (Lipinski definition) is 2. The molecule has 0 aliphatic heterocycles. The van der Waals surface area contributed by atoms with Crippen LogP contribution in [0.3, 0.4) is 0 Å². The van der Waals surface area contributed by atoms with Gasteiger partial charge in [-0.3, -0.25) is 4.79 Å². The van der Waals surface area contributed by atoms with Crippen molar-refractivity contribution in [1.82, 2.24) is 0 Å². The number of rotatable bonds is 3. The van der Waals surface area contributed by atoms with Gasteiger partial charge in [-0.1, -0.05) is 12.8 Å². The van der Waals surface area contributed by atoms with Crippen molar-refractivity contribution < 1.29 is 4.79 Å². The molecule has 1 heterocycles. The maximum absolute atomic E-state index is 11.7. The molecule has 0 amide bonds. The van der Waals surface area contributed by atoms with Crippen LogP contribution in [0.2, 0.25) is 0 Å². The van der Waals surface area contributed by atoms with Crippen molar-refractivity contribution in [3.8, 4) is 0 Å². The zero-order valence-corrected chi connectivity index (χ0v) is 8.48. The highest BCUT2D eigenvalue weighted by atomic mass is 32.1. The predicted octanol–water partition coefficient (Wildman–Crippen LogP) is 3.05. The van der Waals surface area contributed by atoms with E-state index in [4.69, 9.17) is 0 Å². The second kappa shape index (κ2) is 4.05. The molecule has 13 heavy (non-hydrogen) atoms. The molecule has 2 rings (SSSR count). The van der Waals surface area contributed by atoms with Gasteiger partial charge < -0.3 is 0 Å². The fraction of sp³-hybridized carbons (Fsp3) is 0.545. The minimum atomic E-state index is 0.375. The van der Waals surface area contributed by atoms with Crippen LogP contribution in [-0.4, -0.2) is 5.78 Å². The van der Waals surface area contributed by atoms with E-state index in [0.29, 0.717) is 18.1 Å². The van der Waals surface area contributed by atoms with Crippen LogP contribution in [0.25, 0.3) is 0 Å². The molecule has 0 atom stereocenters. The van der Waals surface area contributed by atoms with E-state index in [1.807, 2.05) is 5.38 Å². The Morgan fingerprint density at radius 3 is 2.85 bits per heavy atom. The average Bonchev–Trinajstić information content (AvgIpc) is 2.74.